The third-order valence-electron chi connectivity index (χ3n) is 2.31. The third-order valence-corrected chi connectivity index (χ3v) is 2.31. The topological polar surface area (TPSA) is 77.2 Å². The second-order valence-electron chi connectivity index (χ2n) is 3.71. The number of anilines is 1. The monoisotopic (exact) mass is 259 g/mol. The largest absolute Gasteiger partial charge is 0.496 e. The first-order chi connectivity index (χ1) is 9.19. The fourth-order valence-electron chi connectivity index (χ4n) is 1.46. The summed E-state index contributed by atoms with van der Waals surface area (Å²) < 4.78 is 9.96. The van der Waals surface area contributed by atoms with Gasteiger partial charge in [-0.1, -0.05) is 23.4 Å². The molecule has 0 unspecified atom stereocenters. The Labute approximate surface area is 110 Å². The number of carbonyl (C=O) groups is 1. The minimum atomic E-state index is -0.352. The molecule has 6 nitrogen and oxygen atoms in total. The number of aromatic nitrogens is 2. The van der Waals surface area contributed by atoms with Crippen LogP contribution in [-0.2, 0) is 4.79 Å². The quantitative estimate of drug-likeness (QED) is 0.850. The van der Waals surface area contributed by atoms with Crippen LogP contribution in [0.25, 0.3) is 6.08 Å². The Hall–Kier alpha value is -2.63. The maximum absolute atomic E-state index is 11.6. The molecule has 0 aliphatic heterocycles. The number of para-hydroxylation sites is 1. The zero-order valence-electron chi connectivity index (χ0n) is 10.6. The molecule has 0 fully saturated rings. The molecular formula is C13H13N3O3. The van der Waals surface area contributed by atoms with Gasteiger partial charge in [0.1, 0.15) is 5.75 Å². The van der Waals surface area contributed by atoms with Gasteiger partial charge < -0.3 is 9.26 Å². The summed E-state index contributed by atoms with van der Waals surface area (Å²) in [6.07, 6.45) is 3.02. The zero-order chi connectivity index (χ0) is 13.7. The highest BCUT2D eigenvalue weighted by atomic mass is 16.5. The van der Waals surface area contributed by atoms with Crippen LogP contribution < -0.4 is 10.1 Å². The van der Waals surface area contributed by atoms with Crippen LogP contribution in [-0.4, -0.2) is 23.2 Å². The Balaban J connectivity index is 2.04. The van der Waals surface area contributed by atoms with Crippen molar-refractivity contribution in [2.45, 2.75) is 6.92 Å². The lowest BCUT2D eigenvalue weighted by Gasteiger charge is -2.02. The number of carbonyl (C=O) groups excluding carboxylic acids is 1. The van der Waals surface area contributed by atoms with Crippen LogP contribution in [0.3, 0.4) is 0 Å². The van der Waals surface area contributed by atoms with Crippen LogP contribution in [0.2, 0.25) is 0 Å². The van der Waals surface area contributed by atoms with Crippen LogP contribution >= 0.6 is 0 Å². The smallest absolute Gasteiger partial charge is 0.328 e. The molecule has 0 saturated carbocycles. The SMILES string of the molecule is COc1ccccc1/C=C/C(=O)Nc1nc(C)no1. The highest BCUT2D eigenvalue weighted by Gasteiger charge is 2.05. The summed E-state index contributed by atoms with van der Waals surface area (Å²) in [4.78, 5) is 15.5. The number of amides is 1. The van der Waals surface area contributed by atoms with Crippen molar-refractivity contribution in [3.05, 3.63) is 41.7 Å². The Bertz CT molecular complexity index is 605. The maximum atomic E-state index is 11.6. The van der Waals surface area contributed by atoms with Crippen LogP contribution in [0.5, 0.6) is 5.75 Å². The molecular weight excluding hydrogens is 246 g/mol. The molecule has 19 heavy (non-hydrogen) atoms. The van der Waals surface area contributed by atoms with E-state index < -0.39 is 0 Å². The molecule has 0 atom stereocenters. The Morgan fingerprint density at radius 3 is 2.89 bits per heavy atom. The molecule has 0 radical (unpaired) electrons. The van der Waals surface area contributed by atoms with Crippen LogP contribution in [0, 0.1) is 6.92 Å². The van der Waals surface area contributed by atoms with E-state index in [4.69, 9.17) is 9.26 Å². The summed E-state index contributed by atoms with van der Waals surface area (Å²) in [5.74, 6) is 0.804. The lowest BCUT2D eigenvalue weighted by molar-refractivity contribution is -0.112. The van der Waals surface area contributed by atoms with Crippen molar-refractivity contribution in [1.82, 2.24) is 10.1 Å². The van der Waals surface area contributed by atoms with Crippen LogP contribution in [0.1, 0.15) is 11.4 Å². The van der Waals surface area contributed by atoms with E-state index in [1.807, 2.05) is 24.3 Å². The highest BCUT2D eigenvalue weighted by Crippen LogP contribution is 2.18. The average Bonchev–Trinajstić information content (AvgIpc) is 2.82. The minimum Gasteiger partial charge on any atom is -0.496 e. The van der Waals surface area contributed by atoms with E-state index in [1.165, 1.54) is 6.08 Å². The van der Waals surface area contributed by atoms with Crippen molar-refractivity contribution in [2.24, 2.45) is 0 Å². The summed E-state index contributed by atoms with van der Waals surface area (Å²) in [6, 6.07) is 7.46. The fraction of sp³-hybridized carbons (Fsp3) is 0.154. The van der Waals surface area contributed by atoms with Gasteiger partial charge in [0.2, 0.25) is 0 Å². The first-order valence-electron chi connectivity index (χ1n) is 5.61. The number of nitrogens with one attached hydrogen (secondary N) is 1. The molecule has 0 spiro atoms. The molecule has 2 rings (SSSR count). The summed E-state index contributed by atoms with van der Waals surface area (Å²) in [7, 11) is 1.58. The Morgan fingerprint density at radius 1 is 1.42 bits per heavy atom. The predicted octanol–water partition coefficient (Wildman–Crippen LogP) is 2.04. The first kappa shape index (κ1) is 12.8. The predicted molar refractivity (Wildman–Crippen MR) is 69.7 cm³/mol. The number of aryl methyl sites for hydroxylation is 1. The highest BCUT2D eigenvalue weighted by molar-refractivity contribution is 6.00. The van der Waals surface area contributed by atoms with Gasteiger partial charge in [0.05, 0.1) is 7.11 Å². The zero-order valence-corrected chi connectivity index (χ0v) is 10.6. The van der Waals surface area contributed by atoms with Gasteiger partial charge in [0.25, 0.3) is 5.91 Å². The Kier molecular flexibility index (Phi) is 3.92. The van der Waals surface area contributed by atoms with Crippen molar-refractivity contribution in [2.75, 3.05) is 12.4 Å². The maximum Gasteiger partial charge on any atom is 0.328 e. The third kappa shape index (κ3) is 3.41. The van der Waals surface area contributed by atoms with Crippen molar-refractivity contribution in [3.63, 3.8) is 0 Å². The summed E-state index contributed by atoms with van der Waals surface area (Å²) in [5, 5.41) is 6.03. The molecule has 98 valence electrons. The molecule has 6 heteroatoms. The molecule has 0 aliphatic carbocycles. The Morgan fingerprint density at radius 2 is 2.21 bits per heavy atom. The lowest BCUT2D eigenvalue weighted by Crippen LogP contribution is -2.07. The molecule has 0 bridgehead atoms. The van der Waals surface area contributed by atoms with Gasteiger partial charge in [0, 0.05) is 11.6 Å². The second-order valence-corrected chi connectivity index (χ2v) is 3.71. The minimum absolute atomic E-state index is 0.0761. The van der Waals surface area contributed by atoms with E-state index in [-0.39, 0.29) is 11.9 Å². The number of methoxy groups -OCH3 is 1. The van der Waals surface area contributed by atoms with E-state index in [0.29, 0.717) is 11.6 Å². The van der Waals surface area contributed by atoms with Crippen molar-refractivity contribution < 1.29 is 14.1 Å². The van der Waals surface area contributed by atoms with Gasteiger partial charge in [-0.3, -0.25) is 10.1 Å². The van der Waals surface area contributed by atoms with Crippen molar-refractivity contribution in [1.29, 1.82) is 0 Å². The molecule has 0 aliphatic rings. The summed E-state index contributed by atoms with van der Waals surface area (Å²) >= 11 is 0. The number of nitrogens with zero attached hydrogens (tertiary/aromatic N) is 2. The van der Waals surface area contributed by atoms with Gasteiger partial charge in [-0.2, -0.15) is 4.98 Å². The number of ether oxygens (including phenoxy) is 1. The van der Waals surface area contributed by atoms with Gasteiger partial charge in [-0.25, -0.2) is 0 Å². The van der Waals surface area contributed by atoms with E-state index in [0.717, 1.165) is 5.56 Å². The van der Waals surface area contributed by atoms with Gasteiger partial charge in [0.15, 0.2) is 5.82 Å². The van der Waals surface area contributed by atoms with E-state index in [2.05, 4.69) is 15.5 Å². The van der Waals surface area contributed by atoms with Crippen LogP contribution in [0.4, 0.5) is 6.01 Å². The summed E-state index contributed by atoms with van der Waals surface area (Å²) in [5.41, 5.74) is 0.807. The van der Waals surface area contributed by atoms with E-state index in [9.17, 15) is 4.79 Å². The summed E-state index contributed by atoms with van der Waals surface area (Å²) in [6.45, 7) is 1.67. The molecule has 2 aromatic rings. The van der Waals surface area contributed by atoms with Crippen molar-refractivity contribution >= 4 is 18.0 Å². The van der Waals surface area contributed by atoms with E-state index in [1.54, 1.807) is 20.1 Å². The normalized spacial score (nSPS) is 10.6. The number of benzene rings is 1. The fourth-order valence-corrected chi connectivity index (χ4v) is 1.46. The van der Waals surface area contributed by atoms with Gasteiger partial charge >= 0.3 is 6.01 Å². The molecule has 1 aromatic heterocycles. The molecule has 0 saturated heterocycles. The molecule has 1 heterocycles. The number of hydrogen-bond donors (Lipinski definition) is 1. The van der Waals surface area contributed by atoms with E-state index >= 15 is 0 Å². The average molecular weight is 259 g/mol. The lowest BCUT2D eigenvalue weighted by atomic mass is 10.2. The second kappa shape index (κ2) is 5.81. The number of rotatable bonds is 4. The number of hydrogen-bond acceptors (Lipinski definition) is 5. The molecule has 1 amide bonds. The van der Waals surface area contributed by atoms with Gasteiger partial charge in [-0.05, 0) is 19.1 Å². The standard InChI is InChI=1S/C13H13N3O3/c1-9-14-13(19-16-9)15-12(17)8-7-10-5-3-4-6-11(10)18-2/h3-8H,1-2H3,(H,14,15,16,17)/b8-7+. The van der Waals surface area contributed by atoms with Crippen molar-refractivity contribution in [3.8, 4) is 5.75 Å². The molecule has 1 N–H and O–H groups in total. The van der Waals surface area contributed by atoms with Crippen LogP contribution in [0.15, 0.2) is 34.9 Å². The van der Waals surface area contributed by atoms with Gasteiger partial charge in [-0.15, -0.1) is 0 Å². The molecule has 1 aromatic carbocycles. The first-order valence-corrected chi connectivity index (χ1v) is 5.61.